The van der Waals surface area contributed by atoms with Crippen molar-refractivity contribution >= 4 is 17.7 Å². The molecule has 2 N–H and O–H groups in total. The summed E-state index contributed by atoms with van der Waals surface area (Å²) in [6.07, 6.45) is 4.45. The summed E-state index contributed by atoms with van der Waals surface area (Å²) in [6.45, 7) is 1.44. The molecule has 24 heavy (non-hydrogen) atoms. The van der Waals surface area contributed by atoms with E-state index in [0.717, 1.165) is 24.5 Å². The van der Waals surface area contributed by atoms with Gasteiger partial charge in [0.1, 0.15) is 17.2 Å². The number of hydrogen-bond donors (Lipinski definition) is 2. The second kappa shape index (κ2) is 11.7. The van der Waals surface area contributed by atoms with Crippen LogP contribution in [0.25, 0.3) is 0 Å². The van der Waals surface area contributed by atoms with Crippen molar-refractivity contribution in [3.8, 4) is 17.2 Å². The van der Waals surface area contributed by atoms with Gasteiger partial charge in [-0.3, -0.25) is 4.99 Å². The van der Waals surface area contributed by atoms with Crippen molar-refractivity contribution in [1.82, 2.24) is 10.6 Å². The zero-order valence-corrected chi connectivity index (χ0v) is 16.1. The molecule has 0 aromatic heterocycles. The minimum Gasteiger partial charge on any atom is -0.496 e. The minimum absolute atomic E-state index is 0.542. The lowest BCUT2D eigenvalue weighted by Crippen LogP contribution is -2.37. The van der Waals surface area contributed by atoms with Gasteiger partial charge in [-0.1, -0.05) is 0 Å². The van der Waals surface area contributed by atoms with Crippen LogP contribution < -0.4 is 24.8 Å². The monoisotopic (exact) mass is 355 g/mol. The van der Waals surface area contributed by atoms with Crippen LogP contribution in [0.15, 0.2) is 17.1 Å². The predicted molar refractivity (Wildman–Crippen MR) is 102 cm³/mol. The van der Waals surface area contributed by atoms with Gasteiger partial charge in [0.15, 0.2) is 5.96 Å². The van der Waals surface area contributed by atoms with Crippen LogP contribution in [0.3, 0.4) is 0 Å². The Morgan fingerprint density at radius 2 is 1.71 bits per heavy atom. The number of methoxy groups -OCH3 is 3. The maximum Gasteiger partial charge on any atom is 0.191 e. The van der Waals surface area contributed by atoms with Gasteiger partial charge in [0.05, 0.1) is 33.4 Å². The van der Waals surface area contributed by atoms with E-state index in [2.05, 4.69) is 21.9 Å². The van der Waals surface area contributed by atoms with Crippen molar-refractivity contribution in [3.05, 3.63) is 17.7 Å². The molecule has 0 spiro atoms. The number of nitrogens with one attached hydrogen (secondary N) is 2. The first-order valence-electron chi connectivity index (χ1n) is 7.92. The molecule has 0 aliphatic carbocycles. The maximum atomic E-state index is 5.46. The van der Waals surface area contributed by atoms with Gasteiger partial charge in [-0.05, 0) is 24.9 Å². The fourth-order valence-electron chi connectivity index (χ4n) is 2.22. The quantitative estimate of drug-likeness (QED) is 0.382. The molecule has 1 rings (SSSR count). The number of thioether (sulfide) groups is 1. The van der Waals surface area contributed by atoms with Crippen LogP contribution in [-0.4, -0.2) is 52.9 Å². The first-order valence-corrected chi connectivity index (χ1v) is 9.31. The summed E-state index contributed by atoms with van der Waals surface area (Å²) in [5.74, 6) is 4.08. The first-order chi connectivity index (χ1) is 11.7. The summed E-state index contributed by atoms with van der Waals surface area (Å²) in [6, 6.07) is 3.69. The Bertz CT molecular complexity index is 499. The smallest absolute Gasteiger partial charge is 0.191 e. The van der Waals surface area contributed by atoms with Crippen molar-refractivity contribution in [3.63, 3.8) is 0 Å². The molecule has 0 heterocycles. The Labute approximate surface area is 149 Å². The molecule has 1 aromatic rings. The number of aliphatic imine (C=N–C) groups is 1. The first kappa shape index (κ1) is 20.3. The number of nitrogens with zero attached hydrogens (tertiary/aromatic N) is 1. The second-order valence-electron chi connectivity index (χ2n) is 5.06. The van der Waals surface area contributed by atoms with Gasteiger partial charge in [0.25, 0.3) is 0 Å². The van der Waals surface area contributed by atoms with E-state index in [1.54, 1.807) is 28.4 Å². The van der Waals surface area contributed by atoms with Crippen LogP contribution in [0.2, 0.25) is 0 Å². The molecule has 6 nitrogen and oxygen atoms in total. The molecule has 0 unspecified atom stereocenters. The third-order valence-corrected chi connectivity index (χ3v) is 4.24. The van der Waals surface area contributed by atoms with E-state index < -0.39 is 0 Å². The highest BCUT2D eigenvalue weighted by Crippen LogP contribution is 2.33. The van der Waals surface area contributed by atoms with Crippen molar-refractivity contribution in [2.75, 3.05) is 46.9 Å². The third-order valence-electron chi connectivity index (χ3n) is 3.54. The van der Waals surface area contributed by atoms with E-state index in [0.29, 0.717) is 23.8 Å². The topological polar surface area (TPSA) is 64.1 Å². The van der Waals surface area contributed by atoms with Crippen molar-refractivity contribution < 1.29 is 14.2 Å². The minimum atomic E-state index is 0.542. The zero-order chi connectivity index (χ0) is 17.8. The molecule has 136 valence electrons. The summed E-state index contributed by atoms with van der Waals surface area (Å²) < 4.78 is 16.2. The molecular formula is C17H29N3O3S. The van der Waals surface area contributed by atoms with Crippen molar-refractivity contribution in [2.24, 2.45) is 4.99 Å². The molecule has 0 atom stereocenters. The van der Waals surface area contributed by atoms with Crippen LogP contribution in [-0.2, 0) is 6.54 Å². The normalized spacial score (nSPS) is 11.1. The highest BCUT2D eigenvalue weighted by molar-refractivity contribution is 7.98. The zero-order valence-electron chi connectivity index (χ0n) is 15.3. The van der Waals surface area contributed by atoms with Gasteiger partial charge >= 0.3 is 0 Å². The average molecular weight is 356 g/mol. The molecule has 0 aliphatic heterocycles. The predicted octanol–water partition coefficient (Wildman–Crippen LogP) is 2.52. The average Bonchev–Trinajstić information content (AvgIpc) is 2.63. The fraction of sp³-hybridized carbons (Fsp3) is 0.588. The number of benzene rings is 1. The number of ether oxygens (including phenoxy) is 3. The van der Waals surface area contributed by atoms with Gasteiger partial charge in [-0.15, -0.1) is 0 Å². The second-order valence-corrected chi connectivity index (χ2v) is 6.05. The molecule has 0 aliphatic rings. The maximum absolute atomic E-state index is 5.46. The highest BCUT2D eigenvalue weighted by Gasteiger charge is 2.13. The van der Waals surface area contributed by atoms with Gasteiger partial charge < -0.3 is 24.8 Å². The molecule has 7 heteroatoms. The SMILES string of the molecule is CN=C(NCCCCSC)NCc1c(OC)cc(OC)cc1OC. The molecule has 1 aromatic carbocycles. The van der Waals surface area contributed by atoms with E-state index >= 15 is 0 Å². The van der Waals surface area contributed by atoms with Gasteiger partial charge in [-0.25, -0.2) is 0 Å². The lowest BCUT2D eigenvalue weighted by molar-refractivity contribution is 0.368. The van der Waals surface area contributed by atoms with E-state index in [9.17, 15) is 0 Å². The summed E-state index contributed by atoms with van der Waals surface area (Å²) in [5.41, 5.74) is 0.922. The standard InChI is InChI=1S/C17H29N3O3S/c1-18-17(19-8-6-7-9-24-5)20-12-14-15(22-3)10-13(21-2)11-16(14)23-4/h10-11H,6-9,12H2,1-5H3,(H2,18,19,20). The van der Waals surface area contributed by atoms with Crippen molar-refractivity contribution in [2.45, 2.75) is 19.4 Å². The molecule has 0 saturated heterocycles. The summed E-state index contributed by atoms with van der Waals surface area (Å²) >= 11 is 1.87. The molecular weight excluding hydrogens is 326 g/mol. The molecule has 0 fully saturated rings. The van der Waals surface area contributed by atoms with Crippen LogP contribution in [0.5, 0.6) is 17.2 Å². The number of unbranched alkanes of at least 4 members (excludes halogenated alkanes) is 1. The lowest BCUT2D eigenvalue weighted by atomic mass is 10.1. The Morgan fingerprint density at radius 1 is 1.04 bits per heavy atom. The Balaban J connectivity index is 2.67. The fourth-order valence-corrected chi connectivity index (χ4v) is 2.72. The molecule has 0 radical (unpaired) electrons. The van der Waals surface area contributed by atoms with Gasteiger partial charge in [-0.2, -0.15) is 11.8 Å². The van der Waals surface area contributed by atoms with Gasteiger partial charge in [0.2, 0.25) is 0 Å². The Kier molecular flexibility index (Phi) is 9.91. The summed E-state index contributed by atoms with van der Waals surface area (Å²) in [7, 11) is 6.65. The van der Waals surface area contributed by atoms with Crippen LogP contribution in [0.1, 0.15) is 18.4 Å². The highest BCUT2D eigenvalue weighted by atomic mass is 32.2. The van der Waals surface area contributed by atoms with E-state index in [-0.39, 0.29) is 0 Å². The number of hydrogen-bond acceptors (Lipinski definition) is 5. The van der Waals surface area contributed by atoms with Crippen LogP contribution >= 0.6 is 11.8 Å². The van der Waals surface area contributed by atoms with Crippen LogP contribution in [0, 0.1) is 0 Å². The summed E-state index contributed by atoms with van der Waals surface area (Å²) in [4.78, 5) is 4.25. The molecule has 0 amide bonds. The van der Waals surface area contributed by atoms with Crippen LogP contribution in [0.4, 0.5) is 0 Å². The Hall–Kier alpha value is -1.76. The molecule has 0 saturated carbocycles. The van der Waals surface area contributed by atoms with E-state index in [1.165, 1.54) is 12.2 Å². The number of guanidine groups is 1. The van der Waals surface area contributed by atoms with E-state index in [4.69, 9.17) is 14.2 Å². The third kappa shape index (κ3) is 6.39. The lowest BCUT2D eigenvalue weighted by Gasteiger charge is -2.17. The summed E-state index contributed by atoms with van der Waals surface area (Å²) in [5, 5.41) is 6.62. The number of rotatable bonds is 10. The molecule has 0 bridgehead atoms. The largest absolute Gasteiger partial charge is 0.496 e. The van der Waals surface area contributed by atoms with Gasteiger partial charge in [0, 0.05) is 25.7 Å². The Morgan fingerprint density at radius 3 is 2.21 bits per heavy atom. The van der Waals surface area contributed by atoms with Crippen molar-refractivity contribution in [1.29, 1.82) is 0 Å². The van der Waals surface area contributed by atoms with E-state index in [1.807, 2.05) is 23.9 Å².